The minimum Gasteiger partial charge on any atom is -0.399 e. The Labute approximate surface area is 119 Å². The third-order valence-electron chi connectivity index (χ3n) is 3.65. The molecular weight excluding hydrogens is 289 g/mol. The molecule has 0 bridgehead atoms. The van der Waals surface area contributed by atoms with Crippen LogP contribution >= 0.6 is 10.7 Å². The lowest BCUT2D eigenvalue weighted by atomic mass is 9.79. The summed E-state index contributed by atoms with van der Waals surface area (Å²) in [4.78, 5) is -0.0612. The van der Waals surface area contributed by atoms with E-state index in [4.69, 9.17) is 20.0 Å². The second-order valence-corrected chi connectivity index (χ2v) is 7.23. The Morgan fingerprint density at radius 3 is 2.21 bits per heavy atom. The summed E-state index contributed by atoms with van der Waals surface area (Å²) in [5, 5.41) is 0. The molecule has 1 aromatic rings. The molecule has 1 atom stereocenters. The summed E-state index contributed by atoms with van der Waals surface area (Å²) < 4.78 is 36.4. The first-order valence-electron chi connectivity index (χ1n) is 5.87. The molecule has 1 saturated heterocycles. The van der Waals surface area contributed by atoms with Gasteiger partial charge in [-0.3, -0.25) is 0 Å². The first kappa shape index (κ1) is 15.0. The molecule has 0 amide bonds. The lowest BCUT2D eigenvalue weighted by Crippen LogP contribution is -2.41. The van der Waals surface area contributed by atoms with E-state index in [-0.39, 0.29) is 4.90 Å². The van der Waals surface area contributed by atoms with Crippen LogP contribution in [0.2, 0.25) is 0 Å². The Kier molecular flexibility index (Phi) is 3.82. The molecule has 1 heterocycles. The van der Waals surface area contributed by atoms with Gasteiger partial charge < -0.3 is 9.31 Å². The fourth-order valence-electron chi connectivity index (χ4n) is 1.77. The average Bonchev–Trinajstić information content (AvgIpc) is 2.48. The van der Waals surface area contributed by atoms with E-state index in [1.54, 1.807) is 6.07 Å². The van der Waals surface area contributed by atoms with Gasteiger partial charge in [-0.2, -0.15) is 0 Å². The highest BCUT2D eigenvalue weighted by Gasteiger charge is 2.51. The summed E-state index contributed by atoms with van der Waals surface area (Å²) in [7, 11) is 2.93. The molecule has 3 nitrogen and oxygen atoms in total. The van der Waals surface area contributed by atoms with Crippen molar-refractivity contribution in [1.82, 2.24) is 0 Å². The predicted octanol–water partition coefficient (Wildman–Crippen LogP) is 2.39. The van der Waals surface area contributed by atoms with E-state index in [0.29, 0.717) is 5.46 Å². The van der Waals surface area contributed by atoms with Gasteiger partial charge in [0.05, 0.1) is 16.1 Å². The molecule has 2 rings (SSSR count). The van der Waals surface area contributed by atoms with Crippen LogP contribution in [0.4, 0.5) is 4.39 Å². The molecule has 0 N–H and O–H groups in total. The highest BCUT2D eigenvalue weighted by atomic mass is 35.7. The van der Waals surface area contributed by atoms with Crippen molar-refractivity contribution in [2.75, 3.05) is 0 Å². The number of hydrogen-bond donors (Lipinski definition) is 0. The summed E-state index contributed by atoms with van der Waals surface area (Å²) >= 11 is 0. The van der Waals surface area contributed by atoms with Crippen LogP contribution in [0.5, 0.6) is 0 Å². The smallest absolute Gasteiger partial charge is 0.399 e. The van der Waals surface area contributed by atoms with Crippen molar-refractivity contribution >= 4 is 33.3 Å². The third-order valence-corrected chi connectivity index (χ3v) is 4.81. The molecule has 0 aliphatic carbocycles. The van der Waals surface area contributed by atoms with Gasteiger partial charge in [0.2, 0.25) is 0 Å². The van der Waals surface area contributed by atoms with Crippen LogP contribution in [0.15, 0.2) is 23.1 Å². The maximum absolute atomic E-state index is 13.5. The Morgan fingerprint density at radius 2 is 1.74 bits per heavy atom. The molecule has 1 unspecified atom stereocenters. The standard InChI is InChI=1S/C12H15BClFO3S/c1-11(2)12(3,4)18-13(17-11)8-5-6-9(15)10(7-8)19(14)16/h5-7H,1-4H3. The van der Waals surface area contributed by atoms with E-state index in [2.05, 4.69) is 0 Å². The average molecular weight is 305 g/mol. The quantitative estimate of drug-likeness (QED) is 0.622. The maximum atomic E-state index is 13.5. The zero-order valence-corrected chi connectivity index (χ0v) is 12.8. The molecule has 19 heavy (non-hydrogen) atoms. The van der Waals surface area contributed by atoms with Crippen molar-refractivity contribution in [2.24, 2.45) is 0 Å². The van der Waals surface area contributed by atoms with Crippen LogP contribution in [0.3, 0.4) is 0 Å². The maximum Gasteiger partial charge on any atom is 0.494 e. The van der Waals surface area contributed by atoms with Gasteiger partial charge in [0.15, 0.2) is 10.0 Å². The number of hydrogen-bond acceptors (Lipinski definition) is 3. The van der Waals surface area contributed by atoms with Crippen molar-refractivity contribution in [2.45, 2.75) is 43.8 Å². The van der Waals surface area contributed by atoms with Gasteiger partial charge in [-0.25, -0.2) is 8.60 Å². The van der Waals surface area contributed by atoms with Gasteiger partial charge >= 0.3 is 7.12 Å². The number of benzene rings is 1. The highest BCUT2D eigenvalue weighted by molar-refractivity contribution is 8.08. The summed E-state index contributed by atoms with van der Waals surface area (Å²) in [6.07, 6.45) is 0. The Balaban J connectivity index is 2.35. The van der Waals surface area contributed by atoms with Gasteiger partial charge in [-0.05, 0) is 56.0 Å². The fourth-order valence-corrected chi connectivity index (χ4v) is 2.57. The summed E-state index contributed by atoms with van der Waals surface area (Å²) in [6, 6.07) is 4.18. The number of rotatable bonds is 2. The van der Waals surface area contributed by atoms with Crippen LogP contribution in [-0.4, -0.2) is 22.5 Å². The first-order valence-corrected chi connectivity index (χ1v) is 7.85. The van der Waals surface area contributed by atoms with Crippen LogP contribution in [0, 0.1) is 5.82 Å². The second kappa shape index (κ2) is 4.84. The Morgan fingerprint density at radius 1 is 1.21 bits per heavy atom. The van der Waals surface area contributed by atoms with Gasteiger partial charge in [0.1, 0.15) is 5.82 Å². The van der Waals surface area contributed by atoms with Crippen molar-refractivity contribution in [1.29, 1.82) is 0 Å². The molecule has 104 valence electrons. The van der Waals surface area contributed by atoms with E-state index in [9.17, 15) is 8.60 Å². The summed E-state index contributed by atoms with van der Waals surface area (Å²) in [5.74, 6) is -0.603. The molecule has 1 aromatic carbocycles. The van der Waals surface area contributed by atoms with Gasteiger partial charge in [-0.15, -0.1) is 0 Å². The molecule has 0 spiro atoms. The third kappa shape index (κ3) is 2.72. The molecule has 0 aromatic heterocycles. The highest BCUT2D eigenvalue weighted by Crippen LogP contribution is 2.36. The SMILES string of the molecule is CC1(C)OB(c2ccc(F)c(S(=O)Cl)c2)OC1(C)C. The minimum atomic E-state index is -1.90. The summed E-state index contributed by atoms with van der Waals surface area (Å²) in [6.45, 7) is 7.71. The molecule has 0 saturated carbocycles. The van der Waals surface area contributed by atoms with Crippen molar-refractivity contribution < 1.29 is 17.9 Å². The van der Waals surface area contributed by atoms with E-state index in [1.807, 2.05) is 27.7 Å². The van der Waals surface area contributed by atoms with E-state index >= 15 is 0 Å². The van der Waals surface area contributed by atoms with E-state index in [1.165, 1.54) is 12.1 Å². The van der Waals surface area contributed by atoms with Gasteiger partial charge in [0.25, 0.3) is 0 Å². The first-order chi connectivity index (χ1) is 8.64. The zero-order chi connectivity index (χ0) is 14.4. The normalized spacial score (nSPS) is 22.5. The molecule has 0 radical (unpaired) electrons. The number of halogens is 2. The van der Waals surface area contributed by atoms with E-state index in [0.717, 1.165) is 0 Å². The topological polar surface area (TPSA) is 35.5 Å². The monoisotopic (exact) mass is 304 g/mol. The molecular formula is C12H15BClFO3S. The van der Waals surface area contributed by atoms with Crippen LogP contribution in [-0.2, 0) is 19.3 Å². The van der Waals surface area contributed by atoms with Crippen LogP contribution in [0.25, 0.3) is 0 Å². The second-order valence-electron chi connectivity index (χ2n) is 5.50. The summed E-state index contributed by atoms with van der Waals surface area (Å²) in [5.41, 5.74) is -0.359. The lowest BCUT2D eigenvalue weighted by Gasteiger charge is -2.32. The molecule has 1 aliphatic heterocycles. The van der Waals surface area contributed by atoms with Crippen LogP contribution in [0.1, 0.15) is 27.7 Å². The lowest BCUT2D eigenvalue weighted by molar-refractivity contribution is 0.00578. The van der Waals surface area contributed by atoms with E-state index < -0.39 is 34.2 Å². The molecule has 1 aliphatic rings. The minimum absolute atomic E-state index is 0.0612. The van der Waals surface area contributed by atoms with Crippen molar-refractivity contribution in [3.05, 3.63) is 24.0 Å². The largest absolute Gasteiger partial charge is 0.494 e. The predicted molar refractivity (Wildman–Crippen MR) is 74.4 cm³/mol. The zero-order valence-electron chi connectivity index (χ0n) is 11.2. The Bertz CT molecular complexity index is 520. The fraction of sp³-hybridized carbons (Fsp3) is 0.500. The Hall–Kier alpha value is -0.425. The van der Waals surface area contributed by atoms with Gasteiger partial charge in [0, 0.05) is 0 Å². The van der Waals surface area contributed by atoms with Gasteiger partial charge in [-0.1, -0.05) is 6.07 Å². The van der Waals surface area contributed by atoms with Crippen LogP contribution < -0.4 is 5.46 Å². The molecule has 7 heteroatoms. The van der Waals surface area contributed by atoms with Crippen molar-refractivity contribution in [3.63, 3.8) is 0 Å². The van der Waals surface area contributed by atoms with Crippen molar-refractivity contribution in [3.8, 4) is 0 Å². The molecule has 1 fully saturated rings.